The van der Waals surface area contributed by atoms with E-state index in [4.69, 9.17) is 4.42 Å². The van der Waals surface area contributed by atoms with Gasteiger partial charge in [-0.15, -0.1) is 0 Å². The predicted molar refractivity (Wildman–Crippen MR) is 110 cm³/mol. The summed E-state index contributed by atoms with van der Waals surface area (Å²) in [5, 5.41) is 3.23. The first-order valence-electron chi connectivity index (χ1n) is 9.09. The minimum absolute atomic E-state index is 0.0652. The second-order valence-corrected chi connectivity index (χ2v) is 8.00. The Hall–Kier alpha value is -3.27. The number of carbonyl (C=O) groups is 2. The van der Waals surface area contributed by atoms with Crippen LogP contribution in [0.4, 0.5) is 13.6 Å². The fourth-order valence-corrected chi connectivity index (χ4v) is 3.85. The van der Waals surface area contributed by atoms with Crippen molar-refractivity contribution in [3.05, 3.63) is 74.6 Å². The molecule has 1 atom stereocenters. The van der Waals surface area contributed by atoms with Crippen LogP contribution in [-0.4, -0.2) is 23.4 Å². The van der Waals surface area contributed by atoms with Gasteiger partial charge >= 0.3 is 18.3 Å². The molecule has 2 heterocycles. The second kappa shape index (κ2) is 7.77. The zero-order chi connectivity index (χ0) is 22.3. The van der Waals surface area contributed by atoms with E-state index in [0.717, 1.165) is 4.90 Å². The van der Waals surface area contributed by atoms with Crippen LogP contribution in [0.2, 0.25) is 0 Å². The molecule has 31 heavy (non-hydrogen) atoms. The molecule has 7 nitrogen and oxygen atoms in total. The minimum Gasteiger partial charge on any atom is -0.435 e. The van der Waals surface area contributed by atoms with Crippen molar-refractivity contribution in [2.24, 2.45) is 0 Å². The minimum atomic E-state index is -2.97. The van der Waals surface area contributed by atoms with E-state index in [2.05, 4.69) is 26.0 Å². The van der Waals surface area contributed by atoms with Gasteiger partial charge in [-0.3, -0.25) is 9.69 Å². The lowest BCUT2D eigenvalue weighted by molar-refractivity contribution is -0.131. The highest BCUT2D eigenvalue weighted by Gasteiger charge is 2.49. The number of nitrogens with zero attached hydrogens (tertiary/aromatic N) is 1. The van der Waals surface area contributed by atoms with Crippen LogP contribution in [0.1, 0.15) is 18.1 Å². The number of amides is 3. The standard InChI is InChI=1S/C21H15BrF2N2O5/c1-21(12-2-5-14(6-3-12)30-19(23)24)18(28)26(20(29)25-21)10-11-8-17(27)31-16-9-13(22)4-7-15(11)16/h2-9,19H,10H2,1H3,(H,25,29). The molecular weight excluding hydrogens is 478 g/mol. The molecule has 0 saturated carbocycles. The Morgan fingerprint density at radius 2 is 1.84 bits per heavy atom. The summed E-state index contributed by atoms with van der Waals surface area (Å²) in [5.74, 6) is -0.608. The second-order valence-electron chi connectivity index (χ2n) is 7.08. The SMILES string of the molecule is CC1(c2ccc(OC(F)F)cc2)NC(=O)N(Cc2cc(=O)oc3cc(Br)ccc23)C1=O. The number of halogens is 3. The number of benzene rings is 2. The molecule has 0 aliphatic carbocycles. The lowest BCUT2D eigenvalue weighted by Crippen LogP contribution is -2.40. The van der Waals surface area contributed by atoms with E-state index in [9.17, 15) is 23.2 Å². The zero-order valence-corrected chi connectivity index (χ0v) is 17.6. The van der Waals surface area contributed by atoms with E-state index < -0.39 is 29.7 Å². The molecule has 1 aliphatic heterocycles. The molecule has 10 heteroatoms. The van der Waals surface area contributed by atoms with E-state index in [1.165, 1.54) is 37.3 Å². The van der Waals surface area contributed by atoms with Gasteiger partial charge in [-0.1, -0.05) is 28.1 Å². The van der Waals surface area contributed by atoms with Crippen LogP contribution in [0.5, 0.6) is 5.75 Å². The maximum absolute atomic E-state index is 13.2. The van der Waals surface area contributed by atoms with Gasteiger partial charge in [-0.05, 0) is 48.4 Å². The molecule has 1 aliphatic rings. The molecule has 0 spiro atoms. The Balaban J connectivity index is 1.65. The molecule has 1 N–H and O–H groups in total. The van der Waals surface area contributed by atoms with Crippen molar-refractivity contribution < 1.29 is 27.5 Å². The third-order valence-corrected chi connectivity index (χ3v) is 5.55. The summed E-state index contributed by atoms with van der Waals surface area (Å²) >= 11 is 3.31. The van der Waals surface area contributed by atoms with Crippen molar-refractivity contribution in [1.29, 1.82) is 0 Å². The van der Waals surface area contributed by atoms with Crippen LogP contribution in [0.25, 0.3) is 11.0 Å². The average Bonchev–Trinajstić information content (AvgIpc) is 2.91. The number of imide groups is 1. The van der Waals surface area contributed by atoms with E-state index in [1.807, 2.05) is 0 Å². The molecule has 1 unspecified atom stereocenters. The summed E-state index contributed by atoms with van der Waals surface area (Å²) in [7, 11) is 0. The monoisotopic (exact) mass is 492 g/mol. The quantitative estimate of drug-likeness (QED) is 0.427. The van der Waals surface area contributed by atoms with Gasteiger partial charge in [-0.25, -0.2) is 9.59 Å². The number of fused-ring (bicyclic) bond motifs is 1. The third-order valence-electron chi connectivity index (χ3n) is 5.05. The average molecular weight is 493 g/mol. The number of alkyl halides is 2. The van der Waals surface area contributed by atoms with E-state index in [0.29, 0.717) is 26.6 Å². The van der Waals surface area contributed by atoms with Gasteiger partial charge in [0.1, 0.15) is 16.9 Å². The number of urea groups is 1. The Labute approximate surface area is 182 Å². The molecule has 160 valence electrons. The summed E-state index contributed by atoms with van der Waals surface area (Å²) in [6.07, 6.45) is 0. The van der Waals surface area contributed by atoms with Crippen molar-refractivity contribution in [1.82, 2.24) is 10.2 Å². The van der Waals surface area contributed by atoms with Crippen LogP contribution < -0.4 is 15.7 Å². The first kappa shape index (κ1) is 21.0. The summed E-state index contributed by atoms with van der Waals surface area (Å²) in [4.78, 5) is 38.7. The topological polar surface area (TPSA) is 88.8 Å². The van der Waals surface area contributed by atoms with Crippen molar-refractivity contribution in [3.8, 4) is 5.75 Å². The number of hydrogen-bond donors (Lipinski definition) is 1. The first-order chi connectivity index (χ1) is 14.7. The van der Waals surface area contributed by atoms with Crippen LogP contribution in [0.3, 0.4) is 0 Å². The Morgan fingerprint density at radius 3 is 2.52 bits per heavy atom. The van der Waals surface area contributed by atoms with Crippen molar-refractivity contribution >= 4 is 38.8 Å². The fourth-order valence-electron chi connectivity index (χ4n) is 3.51. The molecule has 1 saturated heterocycles. The molecule has 3 aromatic rings. The Kier molecular flexibility index (Phi) is 5.26. The van der Waals surface area contributed by atoms with Gasteiger partial charge in [0.2, 0.25) is 0 Å². The van der Waals surface area contributed by atoms with E-state index in [1.54, 1.807) is 18.2 Å². The highest BCUT2D eigenvalue weighted by atomic mass is 79.9. The van der Waals surface area contributed by atoms with Crippen LogP contribution in [-0.2, 0) is 16.9 Å². The summed E-state index contributed by atoms with van der Waals surface area (Å²) < 4.78 is 34.9. The van der Waals surface area contributed by atoms with Crippen LogP contribution >= 0.6 is 15.9 Å². The van der Waals surface area contributed by atoms with Gasteiger partial charge in [0.15, 0.2) is 0 Å². The molecule has 0 radical (unpaired) electrons. The van der Waals surface area contributed by atoms with Gasteiger partial charge in [0, 0.05) is 15.9 Å². The lowest BCUT2D eigenvalue weighted by Gasteiger charge is -2.22. The summed E-state index contributed by atoms with van der Waals surface area (Å²) in [5.41, 5.74) is -0.839. The number of nitrogens with one attached hydrogen (secondary N) is 1. The fraction of sp³-hybridized carbons (Fsp3) is 0.190. The predicted octanol–water partition coefficient (Wildman–Crippen LogP) is 4.12. The van der Waals surface area contributed by atoms with E-state index in [-0.39, 0.29) is 12.3 Å². The number of hydrogen-bond acceptors (Lipinski definition) is 5. The lowest BCUT2D eigenvalue weighted by atomic mass is 9.92. The summed E-state index contributed by atoms with van der Waals surface area (Å²) in [6.45, 7) is -1.59. The van der Waals surface area contributed by atoms with Crippen molar-refractivity contribution in [2.75, 3.05) is 0 Å². The molecule has 1 fully saturated rings. The smallest absolute Gasteiger partial charge is 0.387 e. The molecule has 1 aromatic heterocycles. The molecule has 2 aromatic carbocycles. The van der Waals surface area contributed by atoms with Crippen LogP contribution in [0.15, 0.2) is 62.2 Å². The number of rotatable bonds is 5. The molecule has 0 bridgehead atoms. The Bertz CT molecular complexity index is 1240. The van der Waals surface area contributed by atoms with Gasteiger partial charge in [0.25, 0.3) is 5.91 Å². The Morgan fingerprint density at radius 1 is 1.13 bits per heavy atom. The zero-order valence-electron chi connectivity index (χ0n) is 16.0. The van der Waals surface area contributed by atoms with Gasteiger partial charge in [-0.2, -0.15) is 8.78 Å². The van der Waals surface area contributed by atoms with Crippen LogP contribution in [0, 0.1) is 0 Å². The largest absolute Gasteiger partial charge is 0.435 e. The van der Waals surface area contributed by atoms with E-state index >= 15 is 0 Å². The molecule has 4 rings (SSSR count). The first-order valence-corrected chi connectivity index (χ1v) is 9.88. The number of carbonyl (C=O) groups excluding carboxylic acids is 2. The maximum Gasteiger partial charge on any atom is 0.387 e. The van der Waals surface area contributed by atoms with Gasteiger partial charge in [0.05, 0.1) is 6.54 Å². The van der Waals surface area contributed by atoms with Gasteiger partial charge < -0.3 is 14.5 Å². The van der Waals surface area contributed by atoms with Crippen molar-refractivity contribution in [2.45, 2.75) is 25.6 Å². The summed E-state index contributed by atoms with van der Waals surface area (Å²) in [6, 6.07) is 11.2. The highest BCUT2D eigenvalue weighted by molar-refractivity contribution is 9.10. The molecular formula is C21H15BrF2N2O5. The highest BCUT2D eigenvalue weighted by Crippen LogP contribution is 2.32. The molecule has 3 amide bonds. The third kappa shape index (κ3) is 3.90. The van der Waals surface area contributed by atoms with Crippen molar-refractivity contribution in [3.63, 3.8) is 0 Å². The normalized spacial score (nSPS) is 18.7. The maximum atomic E-state index is 13.2. The number of ether oxygens (including phenoxy) is 1.